The Kier molecular flexibility index (Phi) is 7.65. The van der Waals surface area contributed by atoms with Crippen molar-refractivity contribution in [2.45, 2.75) is 13.8 Å². The highest BCUT2D eigenvalue weighted by Crippen LogP contribution is 2.40. The van der Waals surface area contributed by atoms with Gasteiger partial charge >= 0.3 is 0 Å². The molecule has 2 aromatic carbocycles. The van der Waals surface area contributed by atoms with Crippen LogP contribution in [0.25, 0.3) is 6.08 Å². The standard InChI is InChI=1S/C24H26N2O6S/c1-14-6-7-17(15(2)10-14)22(27)25-8-9-26-23(28)20(33-24(26)29)13-16-11-18(30-3)21(32-5)19(12-16)31-4/h6-7,10-13H,8-9H2,1-5H3,(H,25,27)/b20-13-. The minimum Gasteiger partial charge on any atom is -0.493 e. The lowest BCUT2D eigenvalue weighted by molar-refractivity contribution is -0.122. The highest BCUT2D eigenvalue weighted by Gasteiger charge is 2.34. The highest BCUT2D eigenvalue weighted by molar-refractivity contribution is 8.18. The van der Waals surface area contributed by atoms with Crippen LogP contribution in [-0.4, -0.2) is 56.4 Å². The minimum absolute atomic E-state index is 0.0773. The zero-order valence-electron chi connectivity index (χ0n) is 19.2. The topological polar surface area (TPSA) is 94.2 Å². The lowest BCUT2D eigenvalue weighted by atomic mass is 10.1. The van der Waals surface area contributed by atoms with Gasteiger partial charge in [0, 0.05) is 18.7 Å². The molecule has 0 radical (unpaired) electrons. The molecule has 1 N–H and O–H groups in total. The van der Waals surface area contributed by atoms with Gasteiger partial charge in [-0.3, -0.25) is 19.3 Å². The smallest absolute Gasteiger partial charge is 0.293 e. The van der Waals surface area contributed by atoms with E-state index in [4.69, 9.17) is 14.2 Å². The van der Waals surface area contributed by atoms with E-state index >= 15 is 0 Å². The summed E-state index contributed by atoms with van der Waals surface area (Å²) in [6.45, 7) is 4.06. The molecule has 0 unspecified atom stereocenters. The molecule has 174 valence electrons. The van der Waals surface area contributed by atoms with Gasteiger partial charge < -0.3 is 19.5 Å². The average molecular weight is 471 g/mol. The Morgan fingerprint density at radius 1 is 1.03 bits per heavy atom. The van der Waals surface area contributed by atoms with E-state index in [1.54, 1.807) is 24.3 Å². The molecule has 33 heavy (non-hydrogen) atoms. The minimum atomic E-state index is -0.417. The molecule has 9 heteroatoms. The number of thioether (sulfide) groups is 1. The molecule has 0 bridgehead atoms. The molecular weight excluding hydrogens is 444 g/mol. The Balaban J connectivity index is 1.69. The number of rotatable bonds is 8. The number of carbonyl (C=O) groups excluding carboxylic acids is 3. The van der Waals surface area contributed by atoms with E-state index in [1.165, 1.54) is 21.3 Å². The summed E-state index contributed by atoms with van der Waals surface area (Å²) in [4.78, 5) is 39.1. The molecule has 1 fully saturated rings. The first-order chi connectivity index (χ1) is 15.8. The van der Waals surface area contributed by atoms with Gasteiger partial charge in [0.25, 0.3) is 17.1 Å². The van der Waals surface area contributed by atoms with E-state index < -0.39 is 5.91 Å². The van der Waals surface area contributed by atoms with E-state index in [9.17, 15) is 14.4 Å². The number of imide groups is 1. The van der Waals surface area contributed by atoms with Crippen LogP contribution in [0.2, 0.25) is 0 Å². The molecule has 1 heterocycles. The maximum absolute atomic E-state index is 12.8. The fraction of sp³-hybridized carbons (Fsp3) is 0.292. The number of hydrogen-bond acceptors (Lipinski definition) is 7. The third-order valence-electron chi connectivity index (χ3n) is 5.11. The third kappa shape index (κ3) is 5.31. The van der Waals surface area contributed by atoms with Crippen LogP contribution < -0.4 is 19.5 Å². The second kappa shape index (κ2) is 10.4. The number of benzene rings is 2. The van der Waals surface area contributed by atoms with E-state index in [0.29, 0.717) is 28.4 Å². The molecule has 1 aliphatic heterocycles. The van der Waals surface area contributed by atoms with Crippen LogP contribution in [0.4, 0.5) is 4.79 Å². The van der Waals surface area contributed by atoms with Gasteiger partial charge in [-0.05, 0) is 61.0 Å². The summed E-state index contributed by atoms with van der Waals surface area (Å²) in [6, 6.07) is 8.95. The molecule has 0 aromatic heterocycles. The van der Waals surface area contributed by atoms with Gasteiger partial charge in [-0.1, -0.05) is 17.7 Å². The van der Waals surface area contributed by atoms with Crippen LogP contribution in [0.1, 0.15) is 27.0 Å². The largest absolute Gasteiger partial charge is 0.493 e. The molecule has 8 nitrogen and oxygen atoms in total. The number of nitrogens with zero attached hydrogens (tertiary/aromatic N) is 1. The van der Waals surface area contributed by atoms with Crippen LogP contribution in [0.15, 0.2) is 35.2 Å². The SMILES string of the molecule is COc1cc(/C=C2\SC(=O)N(CCNC(=O)c3ccc(C)cc3C)C2=O)cc(OC)c1OC. The Hall–Kier alpha value is -3.46. The lowest BCUT2D eigenvalue weighted by Crippen LogP contribution is -2.37. The Morgan fingerprint density at radius 2 is 1.70 bits per heavy atom. The third-order valence-corrected chi connectivity index (χ3v) is 6.01. The average Bonchev–Trinajstić information content (AvgIpc) is 3.05. The fourth-order valence-electron chi connectivity index (χ4n) is 3.47. The summed E-state index contributed by atoms with van der Waals surface area (Å²) < 4.78 is 16.0. The predicted octanol–water partition coefficient (Wildman–Crippen LogP) is 3.80. The van der Waals surface area contributed by atoms with Crippen molar-refractivity contribution in [3.05, 3.63) is 57.5 Å². The number of ether oxygens (including phenoxy) is 3. The van der Waals surface area contributed by atoms with Crippen LogP contribution in [0.5, 0.6) is 17.2 Å². The van der Waals surface area contributed by atoms with Crippen molar-refractivity contribution in [1.82, 2.24) is 10.2 Å². The summed E-state index contributed by atoms with van der Waals surface area (Å²) in [5, 5.41) is 2.38. The molecule has 1 saturated heterocycles. The first kappa shape index (κ1) is 24.2. The van der Waals surface area contributed by atoms with Crippen molar-refractivity contribution in [1.29, 1.82) is 0 Å². The van der Waals surface area contributed by atoms with Gasteiger partial charge in [0.15, 0.2) is 11.5 Å². The highest BCUT2D eigenvalue weighted by atomic mass is 32.2. The molecule has 0 spiro atoms. The molecule has 3 rings (SSSR count). The number of carbonyl (C=O) groups is 3. The van der Waals surface area contributed by atoms with Crippen molar-refractivity contribution >= 4 is 34.9 Å². The van der Waals surface area contributed by atoms with Gasteiger partial charge in [-0.2, -0.15) is 0 Å². The van der Waals surface area contributed by atoms with E-state index in [2.05, 4.69) is 5.32 Å². The van der Waals surface area contributed by atoms with Crippen molar-refractivity contribution in [3.8, 4) is 17.2 Å². The van der Waals surface area contributed by atoms with Crippen LogP contribution >= 0.6 is 11.8 Å². The number of aryl methyl sites for hydroxylation is 2. The predicted molar refractivity (Wildman–Crippen MR) is 127 cm³/mol. The summed E-state index contributed by atoms with van der Waals surface area (Å²) in [5.41, 5.74) is 3.13. The van der Waals surface area contributed by atoms with Gasteiger partial charge in [0.2, 0.25) is 5.75 Å². The molecule has 0 saturated carbocycles. The maximum Gasteiger partial charge on any atom is 0.293 e. The number of nitrogens with one attached hydrogen (secondary N) is 1. The first-order valence-corrected chi connectivity index (χ1v) is 11.0. The van der Waals surface area contributed by atoms with E-state index in [1.807, 2.05) is 26.0 Å². The normalized spacial score (nSPS) is 14.6. The molecule has 0 atom stereocenters. The summed E-state index contributed by atoms with van der Waals surface area (Å²) in [6.07, 6.45) is 1.60. The molecule has 1 aliphatic rings. The summed E-state index contributed by atoms with van der Waals surface area (Å²) in [7, 11) is 4.51. The zero-order valence-corrected chi connectivity index (χ0v) is 20.0. The van der Waals surface area contributed by atoms with Crippen molar-refractivity contribution in [2.75, 3.05) is 34.4 Å². The van der Waals surface area contributed by atoms with E-state index in [0.717, 1.165) is 27.8 Å². The van der Waals surface area contributed by atoms with Crippen LogP contribution in [0, 0.1) is 13.8 Å². The van der Waals surface area contributed by atoms with Gasteiger partial charge in [0.05, 0.1) is 26.2 Å². The zero-order chi connectivity index (χ0) is 24.1. The fourth-order valence-corrected chi connectivity index (χ4v) is 4.34. The van der Waals surface area contributed by atoms with E-state index in [-0.39, 0.29) is 29.1 Å². The van der Waals surface area contributed by atoms with Crippen molar-refractivity contribution in [3.63, 3.8) is 0 Å². The van der Waals surface area contributed by atoms with Crippen LogP contribution in [-0.2, 0) is 4.79 Å². The van der Waals surface area contributed by atoms with Gasteiger partial charge in [-0.15, -0.1) is 0 Å². The summed E-state index contributed by atoms with van der Waals surface area (Å²) in [5.74, 6) is 0.657. The lowest BCUT2D eigenvalue weighted by Gasteiger charge is -2.14. The van der Waals surface area contributed by atoms with Crippen molar-refractivity contribution < 1.29 is 28.6 Å². The Labute approximate surface area is 196 Å². The quantitative estimate of drug-likeness (QED) is 0.587. The summed E-state index contributed by atoms with van der Waals surface area (Å²) >= 11 is 0.846. The number of methoxy groups -OCH3 is 3. The molecule has 3 amide bonds. The first-order valence-electron chi connectivity index (χ1n) is 10.2. The number of amides is 3. The van der Waals surface area contributed by atoms with Gasteiger partial charge in [0.1, 0.15) is 0 Å². The monoisotopic (exact) mass is 470 g/mol. The molecular formula is C24H26N2O6S. The van der Waals surface area contributed by atoms with Crippen LogP contribution in [0.3, 0.4) is 0 Å². The Morgan fingerprint density at radius 3 is 2.27 bits per heavy atom. The second-order valence-corrected chi connectivity index (χ2v) is 8.36. The second-order valence-electron chi connectivity index (χ2n) is 7.37. The maximum atomic E-state index is 12.8. The number of hydrogen-bond donors (Lipinski definition) is 1. The van der Waals surface area contributed by atoms with Crippen molar-refractivity contribution in [2.24, 2.45) is 0 Å². The Bertz CT molecular complexity index is 1100. The molecule has 2 aromatic rings. The molecule has 0 aliphatic carbocycles. The van der Waals surface area contributed by atoms with Gasteiger partial charge in [-0.25, -0.2) is 0 Å².